The largest absolute Gasteiger partial charge is 0.620 e. The van der Waals surface area contributed by atoms with E-state index in [1.165, 1.54) is 12.7 Å². The highest BCUT2D eigenvalue weighted by molar-refractivity contribution is 5.68. The van der Waals surface area contributed by atoms with Crippen LogP contribution in [0, 0.1) is 5.21 Å². The maximum Gasteiger partial charge on any atom is 0.309 e. The van der Waals surface area contributed by atoms with Gasteiger partial charge in [-0.15, -0.1) is 0 Å². The highest BCUT2D eigenvalue weighted by atomic mass is 16.5. The molecule has 80 valence electrons. The lowest BCUT2D eigenvalue weighted by Gasteiger charge is -2.34. The summed E-state index contributed by atoms with van der Waals surface area (Å²) in [6.07, 6.45) is 2.42. The van der Waals surface area contributed by atoms with E-state index in [0.717, 1.165) is 0 Å². The molecule has 15 heavy (non-hydrogen) atoms. The van der Waals surface area contributed by atoms with Crippen LogP contribution >= 0.6 is 0 Å². The van der Waals surface area contributed by atoms with Crippen molar-refractivity contribution in [2.45, 2.75) is 6.42 Å². The molecule has 0 amide bonds. The third kappa shape index (κ3) is 1.74. The summed E-state index contributed by atoms with van der Waals surface area (Å²) >= 11 is 0. The monoisotopic (exact) mass is 210 g/mol. The molecule has 2 heterocycles. The summed E-state index contributed by atoms with van der Waals surface area (Å²) in [5, 5.41) is 23.5. The Balaban J connectivity index is 2.16. The molecule has 0 aromatic carbocycles. The van der Waals surface area contributed by atoms with Gasteiger partial charge in [0.15, 0.2) is 6.34 Å². The quantitative estimate of drug-likeness (QED) is 0.490. The van der Waals surface area contributed by atoms with Crippen molar-refractivity contribution in [3.63, 3.8) is 0 Å². The molecule has 2 aliphatic rings. The van der Waals surface area contributed by atoms with Crippen LogP contribution < -0.4 is 5.32 Å². The third-order valence-corrected chi connectivity index (χ3v) is 2.22. The van der Waals surface area contributed by atoms with Gasteiger partial charge in [-0.25, -0.2) is 0 Å². The second-order valence-electron chi connectivity index (χ2n) is 3.32. The number of carbonyl (C=O) groups is 1. The Morgan fingerprint density at radius 2 is 2.47 bits per heavy atom. The molecule has 7 heteroatoms. The minimum absolute atomic E-state index is 0.0744. The molecule has 0 spiro atoms. The van der Waals surface area contributed by atoms with Crippen LogP contribution in [0.4, 0.5) is 0 Å². The fraction of sp³-hybridized carbons (Fsp3) is 0.375. The molecule has 0 saturated heterocycles. The number of aliphatic carboxylic acids is 1. The van der Waals surface area contributed by atoms with Gasteiger partial charge in [0, 0.05) is 0 Å². The Kier molecular flexibility index (Phi) is 2.25. The second-order valence-corrected chi connectivity index (χ2v) is 3.32. The Hall–Kier alpha value is -1.73. The molecule has 2 rings (SSSR count). The van der Waals surface area contributed by atoms with Crippen molar-refractivity contribution in [2.24, 2.45) is 9.98 Å². The third-order valence-electron chi connectivity index (χ3n) is 2.22. The standard InChI is InChI=1S/C8H10N4O3/c13-7(14)1-2-12(15)5-11-6-3-9-4-10-8(6)12/h4-5H,1-3H2,(H,9,10)(H,13,14). The lowest BCUT2D eigenvalue weighted by Crippen LogP contribution is -2.40. The lowest BCUT2D eigenvalue weighted by atomic mass is 10.3. The van der Waals surface area contributed by atoms with Gasteiger partial charge in [-0.1, -0.05) is 0 Å². The van der Waals surface area contributed by atoms with Crippen molar-refractivity contribution in [1.29, 1.82) is 0 Å². The van der Waals surface area contributed by atoms with Crippen LogP contribution in [0.5, 0.6) is 0 Å². The van der Waals surface area contributed by atoms with Crippen molar-refractivity contribution in [3.05, 3.63) is 16.7 Å². The first-order chi connectivity index (χ1) is 7.12. The van der Waals surface area contributed by atoms with Gasteiger partial charge in [-0.2, -0.15) is 9.98 Å². The molecule has 1 atom stereocenters. The molecule has 1 unspecified atom stereocenters. The Morgan fingerprint density at radius 3 is 3.20 bits per heavy atom. The molecule has 7 nitrogen and oxygen atoms in total. The van der Waals surface area contributed by atoms with Gasteiger partial charge in [0.05, 0.1) is 19.3 Å². The summed E-state index contributed by atoms with van der Waals surface area (Å²) in [4.78, 5) is 18.2. The van der Waals surface area contributed by atoms with Gasteiger partial charge in [0.1, 0.15) is 12.2 Å². The number of hydrogen-bond acceptors (Lipinski definition) is 5. The van der Waals surface area contributed by atoms with E-state index in [1.54, 1.807) is 0 Å². The normalized spacial score (nSPS) is 27.8. The average Bonchev–Trinajstić information content (AvgIpc) is 2.56. The number of hydroxylamine groups is 3. The number of aliphatic imine (C=N–C) groups is 2. The summed E-state index contributed by atoms with van der Waals surface area (Å²) in [7, 11) is 0. The maximum atomic E-state index is 12.1. The number of hydrogen-bond donors (Lipinski definition) is 2. The van der Waals surface area contributed by atoms with Crippen molar-refractivity contribution in [2.75, 3.05) is 13.1 Å². The molecule has 0 saturated carbocycles. The first kappa shape index (κ1) is 9.81. The number of carboxylic acid groups (broad SMARTS) is 1. The zero-order chi connectivity index (χ0) is 10.9. The predicted octanol–water partition coefficient (Wildman–Crippen LogP) is -0.382. The smallest absolute Gasteiger partial charge is 0.309 e. The highest BCUT2D eigenvalue weighted by Crippen LogP contribution is 2.26. The van der Waals surface area contributed by atoms with E-state index >= 15 is 0 Å². The van der Waals surface area contributed by atoms with E-state index in [2.05, 4.69) is 15.3 Å². The van der Waals surface area contributed by atoms with Gasteiger partial charge < -0.3 is 15.6 Å². The zero-order valence-electron chi connectivity index (χ0n) is 7.88. The molecule has 0 aromatic rings. The van der Waals surface area contributed by atoms with Gasteiger partial charge in [-0.3, -0.25) is 9.44 Å². The Bertz CT molecular complexity index is 387. The Morgan fingerprint density at radius 1 is 1.67 bits per heavy atom. The summed E-state index contributed by atoms with van der Waals surface area (Å²) in [5.41, 5.74) is 0.581. The molecule has 2 aliphatic heterocycles. The molecule has 0 bridgehead atoms. The van der Waals surface area contributed by atoms with Crippen LogP contribution in [0.25, 0.3) is 0 Å². The van der Waals surface area contributed by atoms with Crippen molar-refractivity contribution >= 4 is 18.6 Å². The van der Waals surface area contributed by atoms with Gasteiger partial charge in [0.25, 0.3) is 5.82 Å². The summed E-state index contributed by atoms with van der Waals surface area (Å²) < 4.78 is -0.875. The molecule has 0 aliphatic carbocycles. The molecular formula is C8H10N4O3. The highest BCUT2D eigenvalue weighted by Gasteiger charge is 2.32. The predicted molar refractivity (Wildman–Crippen MR) is 52.8 cm³/mol. The first-order valence-electron chi connectivity index (χ1n) is 4.47. The van der Waals surface area contributed by atoms with Crippen LogP contribution in [0.2, 0.25) is 0 Å². The van der Waals surface area contributed by atoms with E-state index in [9.17, 15) is 10.0 Å². The lowest BCUT2D eigenvalue weighted by molar-refractivity contribution is -0.738. The van der Waals surface area contributed by atoms with E-state index in [0.29, 0.717) is 12.2 Å². The van der Waals surface area contributed by atoms with E-state index in [4.69, 9.17) is 5.11 Å². The van der Waals surface area contributed by atoms with Crippen molar-refractivity contribution < 1.29 is 14.5 Å². The van der Waals surface area contributed by atoms with Crippen LogP contribution in [0.3, 0.4) is 0 Å². The minimum Gasteiger partial charge on any atom is -0.620 e. The van der Waals surface area contributed by atoms with Crippen molar-refractivity contribution in [3.8, 4) is 0 Å². The average molecular weight is 210 g/mol. The number of nitrogens with one attached hydrogen (secondary N) is 1. The van der Waals surface area contributed by atoms with Gasteiger partial charge in [0.2, 0.25) is 0 Å². The van der Waals surface area contributed by atoms with Gasteiger partial charge in [-0.05, 0) is 0 Å². The summed E-state index contributed by atoms with van der Waals surface area (Å²) in [6.45, 7) is 0.389. The Labute approximate surface area is 85.6 Å². The topological polar surface area (TPSA) is 97.1 Å². The molecule has 2 N–H and O–H groups in total. The van der Waals surface area contributed by atoms with Crippen LogP contribution in [-0.2, 0) is 4.79 Å². The molecule has 0 radical (unpaired) electrons. The SMILES string of the molecule is O=C(O)CC[N+]1([O-])C=NC2=C1N=CNC2. The molecule has 0 fully saturated rings. The number of carboxylic acids is 1. The molecule has 0 aromatic heterocycles. The second kappa shape index (κ2) is 3.44. The fourth-order valence-corrected chi connectivity index (χ4v) is 1.47. The van der Waals surface area contributed by atoms with E-state index in [-0.39, 0.29) is 18.8 Å². The summed E-state index contributed by atoms with van der Waals surface area (Å²) in [6, 6.07) is 0. The maximum absolute atomic E-state index is 12.1. The van der Waals surface area contributed by atoms with E-state index in [1.807, 2.05) is 0 Å². The van der Waals surface area contributed by atoms with Crippen molar-refractivity contribution in [1.82, 2.24) is 5.32 Å². The number of nitrogens with zero attached hydrogens (tertiary/aromatic N) is 3. The molecular weight excluding hydrogens is 200 g/mol. The first-order valence-corrected chi connectivity index (χ1v) is 4.47. The summed E-state index contributed by atoms with van der Waals surface area (Å²) in [5.74, 6) is -0.710. The van der Waals surface area contributed by atoms with Gasteiger partial charge >= 0.3 is 5.97 Å². The van der Waals surface area contributed by atoms with Crippen LogP contribution in [0.15, 0.2) is 21.5 Å². The number of rotatable bonds is 3. The number of quaternary nitrogens is 1. The van der Waals surface area contributed by atoms with Crippen LogP contribution in [0.1, 0.15) is 6.42 Å². The minimum atomic E-state index is -0.997. The van der Waals surface area contributed by atoms with E-state index < -0.39 is 10.6 Å². The van der Waals surface area contributed by atoms with Crippen LogP contribution in [-0.4, -0.2) is 41.5 Å². The zero-order valence-corrected chi connectivity index (χ0v) is 7.88. The fourth-order valence-electron chi connectivity index (χ4n) is 1.47.